The maximum atomic E-state index is 13.8. The number of benzene rings is 2. The molecule has 1 aliphatic heterocycles. The molecule has 2 aromatic heterocycles. The van der Waals surface area contributed by atoms with Gasteiger partial charge >= 0.3 is 0 Å². The van der Waals surface area contributed by atoms with E-state index in [1.165, 1.54) is 17.8 Å². The molecule has 1 N–H and O–H groups in total. The Hall–Kier alpha value is -3.71. The molecule has 0 aliphatic carbocycles. The van der Waals surface area contributed by atoms with Crippen LogP contribution >= 0.6 is 12.2 Å². The van der Waals surface area contributed by atoms with Crippen LogP contribution in [-0.4, -0.2) is 27.8 Å². The summed E-state index contributed by atoms with van der Waals surface area (Å²) >= 11 is 5.83. The van der Waals surface area contributed by atoms with Crippen molar-refractivity contribution in [3.8, 4) is 5.69 Å². The van der Waals surface area contributed by atoms with Crippen LogP contribution in [0.1, 0.15) is 48.6 Å². The maximum Gasteiger partial charge on any atom is 0.174 e. The highest BCUT2D eigenvalue weighted by Crippen LogP contribution is 2.43. The van der Waals surface area contributed by atoms with E-state index < -0.39 is 0 Å². The number of nitrogens with zero attached hydrogens (tertiary/aromatic N) is 4. The van der Waals surface area contributed by atoms with Crippen molar-refractivity contribution in [3.05, 3.63) is 107 Å². The zero-order valence-electron chi connectivity index (χ0n) is 21.6. The molecule has 2 atom stereocenters. The van der Waals surface area contributed by atoms with Crippen LogP contribution < -0.4 is 15.1 Å². The summed E-state index contributed by atoms with van der Waals surface area (Å²) in [6.45, 7) is 10.6. The molecule has 37 heavy (non-hydrogen) atoms. The van der Waals surface area contributed by atoms with Gasteiger partial charge < -0.3 is 19.7 Å². The van der Waals surface area contributed by atoms with Crippen LogP contribution in [0.4, 0.5) is 15.8 Å². The fraction of sp³-hybridized carbons (Fsp3) is 0.267. The second kappa shape index (κ2) is 10.3. The molecule has 1 saturated heterocycles. The van der Waals surface area contributed by atoms with Gasteiger partial charge in [-0.3, -0.25) is 4.98 Å². The molecule has 5 rings (SSSR count). The first kappa shape index (κ1) is 25.0. The SMILES string of the molecule is CCN(CC)c1ccc(-n2c(C)cc([C@H]3[C@H](c4ccccn4)NC(=S)N3c3ccc(F)cc3)c2C)cc1. The molecule has 190 valence electrons. The first-order valence-electron chi connectivity index (χ1n) is 12.7. The largest absolute Gasteiger partial charge is 0.372 e. The molecule has 2 aromatic carbocycles. The van der Waals surface area contributed by atoms with E-state index in [0.29, 0.717) is 5.11 Å². The van der Waals surface area contributed by atoms with Crippen molar-refractivity contribution in [2.45, 2.75) is 39.8 Å². The summed E-state index contributed by atoms with van der Waals surface area (Å²) in [6.07, 6.45) is 1.80. The van der Waals surface area contributed by atoms with Crippen LogP contribution in [0.3, 0.4) is 0 Å². The van der Waals surface area contributed by atoms with E-state index in [2.05, 4.69) is 82.7 Å². The molecule has 0 unspecified atom stereocenters. The number of anilines is 2. The topological polar surface area (TPSA) is 36.3 Å². The van der Waals surface area contributed by atoms with Gasteiger partial charge in [-0.2, -0.15) is 0 Å². The molecule has 7 heteroatoms. The second-order valence-electron chi connectivity index (χ2n) is 9.32. The molecule has 0 amide bonds. The molecule has 1 fully saturated rings. The van der Waals surface area contributed by atoms with Gasteiger partial charge in [0.2, 0.25) is 0 Å². The first-order valence-corrected chi connectivity index (χ1v) is 13.1. The summed E-state index contributed by atoms with van der Waals surface area (Å²) in [6, 6.07) is 23.1. The lowest BCUT2D eigenvalue weighted by Gasteiger charge is -2.28. The summed E-state index contributed by atoms with van der Waals surface area (Å²) in [4.78, 5) is 9.08. The summed E-state index contributed by atoms with van der Waals surface area (Å²) < 4.78 is 16.1. The molecular weight excluding hydrogens is 481 g/mol. The first-order chi connectivity index (χ1) is 17.9. The minimum atomic E-state index is -0.272. The van der Waals surface area contributed by atoms with Gasteiger partial charge in [-0.05, 0) is 112 Å². The molecular formula is C30H32FN5S. The van der Waals surface area contributed by atoms with Crippen LogP contribution in [0.2, 0.25) is 0 Å². The quantitative estimate of drug-likeness (QED) is 0.280. The Kier molecular flexibility index (Phi) is 6.98. The summed E-state index contributed by atoms with van der Waals surface area (Å²) in [7, 11) is 0. The fourth-order valence-electron chi connectivity index (χ4n) is 5.44. The van der Waals surface area contributed by atoms with Gasteiger partial charge in [-0.1, -0.05) is 6.07 Å². The Morgan fingerprint density at radius 2 is 1.62 bits per heavy atom. The molecule has 0 saturated carbocycles. The van der Waals surface area contributed by atoms with Crippen molar-refractivity contribution in [2.24, 2.45) is 0 Å². The number of hydrogen-bond donors (Lipinski definition) is 1. The number of hydrogen-bond acceptors (Lipinski definition) is 3. The number of rotatable bonds is 7. The predicted molar refractivity (Wildman–Crippen MR) is 153 cm³/mol. The van der Waals surface area contributed by atoms with Crippen LogP contribution in [0.25, 0.3) is 5.69 Å². The van der Waals surface area contributed by atoms with Gasteiger partial charge in [0, 0.05) is 47.7 Å². The third kappa shape index (κ3) is 4.60. The maximum absolute atomic E-state index is 13.8. The number of halogens is 1. The van der Waals surface area contributed by atoms with Crippen molar-refractivity contribution in [2.75, 3.05) is 22.9 Å². The van der Waals surface area contributed by atoms with Gasteiger partial charge in [-0.15, -0.1) is 0 Å². The lowest BCUT2D eigenvalue weighted by Crippen LogP contribution is -2.29. The second-order valence-corrected chi connectivity index (χ2v) is 9.71. The lowest BCUT2D eigenvalue weighted by atomic mass is 9.96. The lowest BCUT2D eigenvalue weighted by molar-refractivity contribution is 0.565. The molecule has 5 nitrogen and oxygen atoms in total. The Balaban J connectivity index is 1.61. The minimum absolute atomic E-state index is 0.150. The van der Waals surface area contributed by atoms with Crippen LogP contribution in [0, 0.1) is 19.7 Å². The highest BCUT2D eigenvalue weighted by molar-refractivity contribution is 7.80. The van der Waals surface area contributed by atoms with Crippen molar-refractivity contribution in [3.63, 3.8) is 0 Å². The average molecular weight is 514 g/mol. The number of nitrogens with one attached hydrogen (secondary N) is 1. The third-order valence-corrected chi connectivity index (χ3v) is 7.54. The van der Waals surface area contributed by atoms with Crippen molar-refractivity contribution in [1.82, 2.24) is 14.9 Å². The summed E-state index contributed by atoms with van der Waals surface area (Å²) in [5, 5.41) is 4.09. The minimum Gasteiger partial charge on any atom is -0.372 e. The number of thiocarbonyl (C=S) groups is 1. The Morgan fingerprint density at radius 3 is 2.24 bits per heavy atom. The predicted octanol–water partition coefficient (Wildman–Crippen LogP) is 6.65. The zero-order chi connectivity index (χ0) is 26.1. The van der Waals surface area contributed by atoms with Gasteiger partial charge in [0.15, 0.2) is 5.11 Å². The van der Waals surface area contributed by atoms with Crippen molar-refractivity contribution >= 4 is 28.7 Å². The molecule has 0 bridgehead atoms. The summed E-state index contributed by atoms with van der Waals surface area (Å²) in [5.41, 5.74) is 7.52. The van der Waals surface area contributed by atoms with E-state index in [9.17, 15) is 4.39 Å². The van der Waals surface area contributed by atoms with Crippen LogP contribution in [0.15, 0.2) is 79.0 Å². The van der Waals surface area contributed by atoms with Crippen LogP contribution in [-0.2, 0) is 0 Å². The van der Waals surface area contributed by atoms with E-state index in [4.69, 9.17) is 12.2 Å². The zero-order valence-corrected chi connectivity index (χ0v) is 22.5. The van der Waals surface area contributed by atoms with Crippen molar-refractivity contribution < 1.29 is 4.39 Å². The standard InChI is InChI=1S/C30H32FN5S/c1-5-34(6-2)23-14-16-24(17-15-23)35-20(3)19-26(21(35)4)29-28(27-9-7-8-18-32-27)33-30(37)36(29)25-12-10-22(31)11-13-25/h7-19,28-29H,5-6H2,1-4H3,(H,33,37)/t28-,29-/m0/s1. The highest BCUT2D eigenvalue weighted by atomic mass is 32.1. The molecule has 0 spiro atoms. The van der Waals surface area contributed by atoms with Crippen LogP contribution in [0.5, 0.6) is 0 Å². The Bertz CT molecular complexity index is 1380. The number of aromatic nitrogens is 2. The van der Waals surface area contributed by atoms with E-state index >= 15 is 0 Å². The smallest absolute Gasteiger partial charge is 0.174 e. The Morgan fingerprint density at radius 1 is 0.946 bits per heavy atom. The molecule has 4 aromatic rings. The van der Waals surface area contributed by atoms with E-state index in [1.807, 2.05) is 18.2 Å². The molecule has 3 heterocycles. The summed E-state index contributed by atoms with van der Waals surface area (Å²) in [5.74, 6) is -0.272. The van der Waals surface area contributed by atoms with Gasteiger partial charge in [0.25, 0.3) is 0 Å². The van der Waals surface area contributed by atoms with Gasteiger partial charge in [-0.25, -0.2) is 4.39 Å². The number of aryl methyl sites for hydroxylation is 1. The van der Waals surface area contributed by atoms with Gasteiger partial charge in [0.1, 0.15) is 5.82 Å². The monoisotopic (exact) mass is 513 g/mol. The Labute approximate surface area is 223 Å². The highest BCUT2D eigenvalue weighted by Gasteiger charge is 2.42. The molecule has 0 radical (unpaired) electrons. The average Bonchev–Trinajstić information content (AvgIpc) is 3.41. The normalized spacial score (nSPS) is 17.2. The van der Waals surface area contributed by atoms with Gasteiger partial charge in [0.05, 0.1) is 17.8 Å². The van der Waals surface area contributed by atoms with E-state index in [-0.39, 0.29) is 17.9 Å². The fourth-order valence-corrected chi connectivity index (χ4v) is 5.78. The van der Waals surface area contributed by atoms with E-state index in [1.54, 1.807) is 18.3 Å². The van der Waals surface area contributed by atoms with Crippen molar-refractivity contribution in [1.29, 1.82) is 0 Å². The molecule has 1 aliphatic rings. The number of pyridine rings is 1. The third-order valence-electron chi connectivity index (χ3n) is 7.23. The van der Waals surface area contributed by atoms with E-state index in [0.717, 1.165) is 47.1 Å².